The molecule has 2 aliphatic heterocycles. The van der Waals surface area contributed by atoms with Crippen LogP contribution < -0.4 is 5.32 Å². The molecule has 0 bridgehead atoms. The first-order chi connectivity index (χ1) is 14.3. The molecule has 30 heavy (non-hydrogen) atoms. The predicted molar refractivity (Wildman–Crippen MR) is 107 cm³/mol. The fourth-order valence-electron chi connectivity index (χ4n) is 4.28. The number of hydrogen-bond acceptors (Lipinski definition) is 5. The highest BCUT2D eigenvalue weighted by molar-refractivity contribution is 5.81. The molecule has 0 radical (unpaired) electrons. The molecule has 1 saturated heterocycles. The Hall–Kier alpha value is -1.71. The highest BCUT2D eigenvalue weighted by Crippen LogP contribution is 2.30. The molecule has 0 aromatic carbocycles. The summed E-state index contributed by atoms with van der Waals surface area (Å²) >= 11 is 0. The van der Waals surface area contributed by atoms with Gasteiger partial charge in [0.2, 0.25) is 5.91 Å². The number of carbonyl (C=O) groups is 1. The lowest BCUT2D eigenvalue weighted by atomic mass is 10.0. The van der Waals surface area contributed by atoms with Crippen LogP contribution in [0.5, 0.6) is 0 Å². The van der Waals surface area contributed by atoms with Gasteiger partial charge >= 0.3 is 6.18 Å². The number of rotatable bonds is 5. The number of nitrogens with zero attached hydrogens (tertiary/aromatic N) is 2. The predicted octanol–water partition coefficient (Wildman–Crippen LogP) is 2.59. The van der Waals surface area contributed by atoms with Gasteiger partial charge in [0.25, 0.3) is 0 Å². The van der Waals surface area contributed by atoms with E-state index in [1.165, 1.54) is 6.92 Å². The van der Waals surface area contributed by atoms with Gasteiger partial charge in [-0.3, -0.25) is 9.79 Å². The zero-order valence-corrected chi connectivity index (χ0v) is 17.2. The summed E-state index contributed by atoms with van der Waals surface area (Å²) in [6.45, 7) is 3.14. The lowest BCUT2D eigenvalue weighted by Crippen LogP contribution is -2.49. The zero-order valence-electron chi connectivity index (χ0n) is 17.2. The van der Waals surface area contributed by atoms with E-state index in [-0.39, 0.29) is 23.9 Å². The van der Waals surface area contributed by atoms with E-state index in [0.717, 1.165) is 38.0 Å². The van der Waals surface area contributed by atoms with Crippen molar-refractivity contribution >= 4 is 12.1 Å². The minimum atomic E-state index is -4.41. The molecule has 0 spiro atoms. The number of amides is 1. The monoisotopic (exact) mass is 429 g/mol. The molecular formula is C21H30F3N3O3. The van der Waals surface area contributed by atoms with E-state index < -0.39 is 17.9 Å². The van der Waals surface area contributed by atoms with Crippen LogP contribution in [0.3, 0.4) is 0 Å². The number of ether oxygens (including phenoxy) is 1. The van der Waals surface area contributed by atoms with Crippen molar-refractivity contribution in [3.05, 3.63) is 23.4 Å². The van der Waals surface area contributed by atoms with E-state index >= 15 is 0 Å². The molecule has 9 heteroatoms. The average Bonchev–Trinajstić information content (AvgIpc) is 3.18. The van der Waals surface area contributed by atoms with Crippen molar-refractivity contribution in [2.75, 3.05) is 26.3 Å². The summed E-state index contributed by atoms with van der Waals surface area (Å²) in [5, 5.41) is 13.5. The number of aliphatic hydroxyl groups excluding tert-OH is 1. The molecule has 1 unspecified atom stereocenters. The molecule has 3 aliphatic rings. The Kier molecular flexibility index (Phi) is 7.70. The van der Waals surface area contributed by atoms with Gasteiger partial charge in [-0.15, -0.1) is 0 Å². The van der Waals surface area contributed by atoms with Crippen molar-refractivity contribution in [1.29, 1.82) is 0 Å². The van der Waals surface area contributed by atoms with Crippen molar-refractivity contribution in [3.8, 4) is 0 Å². The van der Waals surface area contributed by atoms with Gasteiger partial charge in [-0.1, -0.05) is 6.08 Å². The van der Waals surface area contributed by atoms with Gasteiger partial charge in [-0.25, -0.2) is 0 Å². The van der Waals surface area contributed by atoms with E-state index in [2.05, 4.69) is 10.3 Å². The van der Waals surface area contributed by atoms with E-state index in [4.69, 9.17) is 4.74 Å². The number of alkyl halides is 3. The lowest BCUT2D eigenvalue weighted by molar-refractivity contribution is -0.135. The number of hydrogen-bond donors (Lipinski definition) is 2. The summed E-state index contributed by atoms with van der Waals surface area (Å²) in [5.74, 6) is 0.0355. The summed E-state index contributed by atoms with van der Waals surface area (Å²) in [6, 6.07) is 0.216. The number of aliphatic hydroxyl groups is 1. The first kappa shape index (κ1) is 23.0. The van der Waals surface area contributed by atoms with Gasteiger partial charge < -0.3 is 20.1 Å². The number of nitrogens with one attached hydrogen (secondary N) is 1. The summed E-state index contributed by atoms with van der Waals surface area (Å²) in [6.07, 6.45) is 2.28. The Morgan fingerprint density at radius 1 is 1.37 bits per heavy atom. The van der Waals surface area contributed by atoms with Gasteiger partial charge in [0.1, 0.15) is 0 Å². The molecular weight excluding hydrogens is 399 g/mol. The van der Waals surface area contributed by atoms with Crippen LogP contribution in [0.1, 0.15) is 39.0 Å². The third kappa shape index (κ3) is 5.92. The van der Waals surface area contributed by atoms with Crippen LogP contribution in [0.25, 0.3) is 0 Å². The minimum absolute atomic E-state index is 0.00898. The Bertz CT molecular complexity index is 705. The second-order valence-electron chi connectivity index (χ2n) is 8.14. The van der Waals surface area contributed by atoms with Crippen LogP contribution in [0.15, 0.2) is 28.4 Å². The average molecular weight is 429 g/mol. The van der Waals surface area contributed by atoms with Gasteiger partial charge in [0.05, 0.1) is 18.3 Å². The molecule has 4 atom stereocenters. The van der Waals surface area contributed by atoms with Gasteiger partial charge in [-0.2, -0.15) is 13.2 Å². The van der Waals surface area contributed by atoms with Crippen LogP contribution >= 0.6 is 0 Å². The quantitative estimate of drug-likeness (QED) is 0.659. The van der Waals surface area contributed by atoms with Crippen molar-refractivity contribution in [3.63, 3.8) is 0 Å². The lowest BCUT2D eigenvalue weighted by Gasteiger charge is -2.31. The van der Waals surface area contributed by atoms with Crippen molar-refractivity contribution in [2.45, 2.75) is 63.4 Å². The van der Waals surface area contributed by atoms with E-state index in [1.54, 1.807) is 11.0 Å². The van der Waals surface area contributed by atoms with E-state index in [1.807, 2.05) is 0 Å². The Labute approximate surface area is 174 Å². The largest absolute Gasteiger partial charge is 0.417 e. The zero-order chi connectivity index (χ0) is 21.7. The highest BCUT2D eigenvalue weighted by Gasteiger charge is 2.35. The van der Waals surface area contributed by atoms with Crippen LogP contribution in [-0.4, -0.2) is 72.8 Å². The van der Waals surface area contributed by atoms with Crippen LogP contribution in [0.4, 0.5) is 13.2 Å². The van der Waals surface area contributed by atoms with E-state index in [0.29, 0.717) is 38.4 Å². The molecule has 168 valence electrons. The SMILES string of the molecule is C/C=C(\C=NC1=CCN(C(=O)[C@H]2CCC(N[C@H]3CCOC[C@H]3O)C2)CC1)C(F)(F)F. The molecule has 6 nitrogen and oxygen atoms in total. The molecule has 2 fully saturated rings. The first-order valence-electron chi connectivity index (χ1n) is 10.5. The molecule has 3 rings (SSSR count). The maximum Gasteiger partial charge on any atom is 0.417 e. The third-order valence-corrected chi connectivity index (χ3v) is 6.06. The molecule has 1 saturated carbocycles. The van der Waals surface area contributed by atoms with Crippen LogP contribution in [0, 0.1) is 5.92 Å². The summed E-state index contributed by atoms with van der Waals surface area (Å²) in [4.78, 5) is 18.6. The summed E-state index contributed by atoms with van der Waals surface area (Å²) in [5.41, 5.74) is -0.205. The summed E-state index contributed by atoms with van der Waals surface area (Å²) < 4.78 is 43.5. The molecule has 2 heterocycles. The fraction of sp³-hybridized carbons (Fsp3) is 0.714. The second-order valence-corrected chi connectivity index (χ2v) is 8.14. The maximum atomic E-state index is 12.9. The fourth-order valence-corrected chi connectivity index (χ4v) is 4.28. The van der Waals surface area contributed by atoms with Crippen molar-refractivity contribution in [2.24, 2.45) is 10.9 Å². The first-order valence-corrected chi connectivity index (χ1v) is 10.5. The standard InChI is InChI=1S/C21H30F3N3O3/c1-2-15(21(22,23)24)12-25-16-5-8-27(9-6-16)20(29)14-3-4-17(11-14)26-18-7-10-30-13-19(18)28/h2,5,12,14,17-19,26,28H,3-4,6-11,13H2,1H3/b15-2+,25-12?/t14-,17?,18-,19+/m0/s1. The number of halogens is 3. The van der Waals surface area contributed by atoms with Gasteiger partial charge in [-0.05, 0) is 38.7 Å². The summed E-state index contributed by atoms with van der Waals surface area (Å²) in [7, 11) is 0. The number of allylic oxidation sites excluding steroid dienone is 2. The Morgan fingerprint density at radius 3 is 2.80 bits per heavy atom. The maximum absolute atomic E-state index is 12.9. The Morgan fingerprint density at radius 2 is 2.17 bits per heavy atom. The van der Waals surface area contributed by atoms with Crippen molar-refractivity contribution in [1.82, 2.24) is 10.2 Å². The minimum Gasteiger partial charge on any atom is -0.389 e. The Balaban J connectivity index is 1.48. The van der Waals surface area contributed by atoms with Crippen LogP contribution in [-0.2, 0) is 9.53 Å². The van der Waals surface area contributed by atoms with E-state index in [9.17, 15) is 23.1 Å². The molecule has 0 aromatic heterocycles. The van der Waals surface area contributed by atoms with Gasteiger partial charge in [0.15, 0.2) is 0 Å². The second kappa shape index (κ2) is 10.1. The molecule has 1 amide bonds. The number of carbonyl (C=O) groups excluding carboxylic acids is 1. The molecule has 1 aliphatic carbocycles. The van der Waals surface area contributed by atoms with Crippen molar-refractivity contribution < 1.29 is 27.8 Å². The van der Waals surface area contributed by atoms with Gasteiger partial charge in [0, 0.05) is 56.0 Å². The number of aliphatic imine (C=N–C) groups is 1. The smallest absolute Gasteiger partial charge is 0.389 e. The van der Waals surface area contributed by atoms with Crippen LogP contribution in [0.2, 0.25) is 0 Å². The molecule has 2 N–H and O–H groups in total. The topological polar surface area (TPSA) is 74.2 Å². The third-order valence-electron chi connectivity index (χ3n) is 6.06. The normalized spacial score (nSPS) is 31.3. The molecule has 0 aromatic rings. The highest BCUT2D eigenvalue weighted by atomic mass is 19.4.